The summed E-state index contributed by atoms with van der Waals surface area (Å²) in [6.07, 6.45) is 8.10. The molecule has 2 aromatic rings. The van der Waals surface area contributed by atoms with E-state index in [0.717, 1.165) is 74.5 Å². The molecule has 35 heavy (non-hydrogen) atoms. The van der Waals surface area contributed by atoms with Crippen molar-refractivity contribution in [2.75, 3.05) is 26.2 Å². The van der Waals surface area contributed by atoms with Crippen molar-refractivity contribution in [3.8, 4) is 5.75 Å². The Bertz CT molecular complexity index is 1080. The molecule has 6 atom stereocenters. The highest BCUT2D eigenvalue weighted by Crippen LogP contribution is 2.45. The monoisotopic (exact) mass is 480 g/mol. The average molecular weight is 481 g/mol. The molecule has 1 saturated carbocycles. The van der Waals surface area contributed by atoms with Crippen molar-refractivity contribution in [3.63, 3.8) is 0 Å². The molecule has 5 unspecified atom stereocenters. The predicted molar refractivity (Wildman–Crippen MR) is 135 cm³/mol. The maximum atomic E-state index is 15.8. The highest BCUT2D eigenvalue weighted by atomic mass is 19.1. The van der Waals surface area contributed by atoms with Gasteiger partial charge in [-0.3, -0.25) is 10.3 Å². The fourth-order valence-corrected chi connectivity index (χ4v) is 6.50. The number of fused-ring (bicyclic) bond motifs is 1. The molecule has 2 saturated heterocycles. The van der Waals surface area contributed by atoms with Crippen molar-refractivity contribution in [1.29, 1.82) is 0 Å². The second-order valence-corrected chi connectivity index (χ2v) is 10.7. The Hall–Kier alpha value is -2.26. The van der Waals surface area contributed by atoms with Crippen LogP contribution in [0.1, 0.15) is 67.2 Å². The fourth-order valence-electron chi connectivity index (χ4n) is 6.50. The van der Waals surface area contributed by atoms with Crippen LogP contribution in [0.2, 0.25) is 0 Å². The number of imidazole rings is 1. The Morgan fingerprint density at radius 1 is 1.20 bits per heavy atom. The standard InChI is InChI=1S/C27H37FN6O/c1-2-16-13-19(35)3-4-20(16)21-5-6-22-25(24(21)28)32-33-26(22)27-30-14-23(31-27)17-8-11-34(12-9-17)15-18-7-10-29-18/h3-4,8,13-14,18,21-22,24-26,29,32-33,35H,2,5-7,9-12,15H2,1H3,(H,30,31)/t18-,21?,22?,24?,25?,26?/m0/s1. The summed E-state index contributed by atoms with van der Waals surface area (Å²) in [6.45, 7) is 6.41. The molecule has 1 aromatic carbocycles. The van der Waals surface area contributed by atoms with Gasteiger partial charge in [-0.2, -0.15) is 0 Å². The molecule has 7 nitrogen and oxygen atoms in total. The van der Waals surface area contributed by atoms with E-state index in [2.05, 4.69) is 39.1 Å². The van der Waals surface area contributed by atoms with Gasteiger partial charge in [-0.05, 0) is 67.5 Å². The van der Waals surface area contributed by atoms with Gasteiger partial charge in [0.05, 0.1) is 24.0 Å². The Balaban J connectivity index is 1.12. The number of benzene rings is 1. The number of aromatic hydroxyl groups is 1. The molecule has 0 spiro atoms. The lowest BCUT2D eigenvalue weighted by Gasteiger charge is -2.36. The number of hydrazine groups is 1. The summed E-state index contributed by atoms with van der Waals surface area (Å²) in [5, 5.41) is 13.4. The zero-order valence-corrected chi connectivity index (χ0v) is 20.4. The molecule has 0 amide bonds. The molecule has 6 rings (SSSR count). The first kappa shape index (κ1) is 23.2. The molecule has 188 valence electrons. The first-order valence-corrected chi connectivity index (χ1v) is 13.3. The highest BCUT2D eigenvalue weighted by molar-refractivity contribution is 5.63. The smallest absolute Gasteiger partial charge is 0.125 e. The van der Waals surface area contributed by atoms with Crippen LogP contribution < -0.4 is 16.2 Å². The molecule has 0 radical (unpaired) electrons. The van der Waals surface area contributed by atoms with E-state index in [9.17, 15) is 5.11 Å². The van der Waals surface area contributed by atoms with Gasteiger partial charge in [-0.25, -0.2) is 14.8 Å². The maximum absolute atomic E-state index is 15.8. The number of rotatable bonds is 6. The molecule has 3 aliphatic heterocycles. The van der Waals surface area contributed by atoms with Gasteiger partial charge in [-0.15, -0.1) is 0 Å². The number of H-pyrrole nitrogens is 1. The number of aromatic amines is 1. The van der Waals surface area contributed by atoms with E-state index in [-0.39, 0.29) is 29.7 Å². The maximum Gasteiger partial charge on any atom is 0.125 e. The summed E-state index contributed by atoms with van der Waals surface area (Å²) in [5.74, 6) is 1.14. The average Bonchev–Trinajstić information content (AvgIpc) is 3.50. The van der Waals surface area contributed by atoms with E-state index in [4.69, 9.17) is 4.98 Å². The minimum Gasteiger partial charge on any atom is -0.508 e. The molecule has 1 aliphatic carbocycles. The van der Waals surface area contributed by atoms with Gasteiger partial charge in [-0.1, -0.05) is 19.1 Å². The van der Waals surface area contributed by atoms with Gasteiger partial charge in [0.25, 0.3) is 0 Å². The first-order valence-electron chi connectivity index (χ1n) is 13.3. The van der Waals surface area contributed by atoms with E-state index < -0.39 is 6.17 Å². The number of nitrogens with one attached hydrogen (secondary N) is 4. The van der Waals surface area contributed by atoms with Gasteiger partial charge in [0.2, 0.25) is 0 Å². The lowest BCUT2D eigenvalue weighted by molar-refractivity contribution is 0.135. The Morgan fingerprint density at radius 3 is 2.83 bits per heavy atom. The van der Waals surface area contributed by atoms with Crippen LogP contribution in [-0.2, 0) is 6.42 Å². The van der Waals surface area contributed by atoms with E-state index in [1.807, 2.05) is 12.3 Å². The molecule has 1 aromatic heterocycles. The molecule has 8 heteroatoms. The van der Waals surface area contributed by atoms with Crippen LogP contribution in [0.15, 0.2) is 30.5 Å². The minimum atomic E-state index is -0.993. The number of nitrogens with zero attached hydrogens (tertiary/aromatic N) is 2. The Kier molecular flexibility index (Phi) is 6.39. The van der Waals surface area contributed by atoms with Gasteiger partial charge in [0, 0.05) is 37.5 Å². The first-order chi connectivity index (χ1) is 17.1. The quantitative estimate of drug-likeness (QED) is 0.437. The summed E-state index contributed by atoms with van der Waals surface area (Å²) in [4.78, 5) is 10.8. The van der Waals surface area contributed by atoms with Crippen LogP contribution in [0.4, 0.5) is 4.39 Å². The van der Waals surface area contributed by atoms with Gasteiger partial charge in [0.1, 0.15) is 17.7 Å². The van der Waals surface area contributed by atoms with E-state index in [0.29, 0.717) is 6.04 Å². The second-order valence-electron chi connectivity index (χ2n) is 10.7. The molecule has 0 bridgehead atoms. The van der Waals surface area contributed by atoms with E-state index in [1.165, 1.54) is 12.0 Å². The number of hydrogen-bond donors (Lipinski definition) is 5. The number of halogens is 1. The van der Waals surface area contributed by atoms with Gasteiger partial charge in [0.15, 0.2) is 0 Å². The summed E-state index contributed by atoms with van der Waals surface area (Å²) >= 11 is 0. The predicted octanol–water partition coefficient (Wildman–Crippen LogP) is 3.18. The number of phenolic OH excluding ortho intramolecular Hbond substituents is 1. The number of alkyl halides is 1. The molecular weight excluding hydrogens is 443 g/mol. The number of hydrogen-bond acceptors (Lipinski definition) is 6. The van der Waals surface area contributed by atoms with Crippen molar-refractivity contribution in [2.24, 2.45) is 5.92 Å². The molecular formula is C27H37FN6O. The minimum absolute atomic E-state index is 0.0243. The van der Waals surface area contributed by atoms with Crippen molar-refractivity contribution >= 4 is 5.57 Å². The van der Waals surface area contributed by atoms with Crippen molar-refractivity contribution < 1.29 is 9.50 Å². The van der Waals surface area contributed by atoms with E-state index in [1.54, 1.807) is 12.1 Å². The van der Waals surface area contributed by atoms with Crippen LogP contribution >= 0.6 is 0 Å². The molecule has 4 aliphatic rings. The third kappa shape index (κ3) is 4.42. The highest BCUT2D eigenvalue weighted by Gasteiger charge is 2.48. The third-order valence-corrected chi connectivity index (χ3v) is 8.67. The van der Waals surface area contributed by atoms with Crippen molar-refractivity contribution in [1.82, 2.24) is 31.0 Å². The van der Waals surface area contributed by atoms with Crippen LogP contribution in [-0.4, -0.2) is 64.4 Å². The SMILES string of the molecule is CCc1cc(O)ccc1C1CCC2C(c3ncc(C4=CCN(C[C@@H]5CCN5)CC4)[nH]3)NNC2C1F. The normalized spacial score (nSPS) is 33.3. The fraction of sp³-hybridized carbons (Fsp3) is 0.593. The lowest BCUT2D eigenvalue weighted by Crippen LogP contribution is -2.50. The second kappa shape index (κ2) is 9.65. The van der Waals surface area contributed by atoms with Crippen molar-refractivity contribution in [3.05, 3.63) is 53.1 Å². The van der Waals surface area contributed by atoms with Crippen molar-refractivity contribution in [2.45, 2.75) is 69.2 Å². The summed E-state index contributed by atoms with van der Waals surface area (Å²) < 4.78 is 15.8. The number of aromatic nitrogens is 2. The number of aryl methyl sites for hydroxylation is 1. The van der Waals surface area contributed by atoms with E-state index >= 15 is 4.39 Å². The summed E-state index contributed by atoms with van der Waals surface area (Å²) in [7, 11) is 0. The third-order valence-electron chi connectivity index (χ3n) is 8.67. The Labute approximate surface area is 206 Å². The zero-order valence-electron chi connectivity index (χ0n) is 20.4. The summed E-state index contributed by atoms with van der Waals surface area (Å²) in [5.41, 5.74) is 11.1. The number of phenols is 1. The largest absolute Gasteiger partial charge is 0.508 e. The van der Waals surface area contributed by atoms with Crippen LogP contribution in [0.5, 0.6) is 5.75 Å². The molecule has 5 N–H and O–H groups in total. The molecule has 4 heterocycles. The van der Waals surface area contributed by atoms with Gasteiger partial charge >= 0.3 is 0 Å². The lowest BCUT2D eigenvalue weighted by atomic mass is 9.71. The van der Waals surface area contributed by atoms with Gasteiger partial charge < -0.3 is 15.4 Å². The Morgan fingerprint density at radius 2 is 2.09 bits per heavy atom. The van der Waals surface area contributed by atoms with Crippen LogP contribution in [0.3, 0.4) is 0 Å². The molecule has 3 fully saturated rings. The topological polar surface area (TPSA) is 88.2 Å². The van der Waals surface area contributed by atoms with Crippen LogP contribution in [0.25, 0.3) is 5.57 Å². The zero-order chi connectivity index (χ0) is 23.9. The summed E-state index contributed by atoms with van der Waals surface area (Å²) in [6, 6.07) is 5.76. The van der Waals surface area contributed by atoms with Crippen LogP contribution in [0, 0.1) is 5.92 Å².